The second-order valence-electron chi connectivity index (χ2n) is 0.896. The van der Waals surface area contributed by atoms with Crippen LogP contribution in [-0.4, -0.2) is 18.8 Å². The zero-order valence-electron chi connectivity index (χ0n) is 4.10. The molecule has 0 amide bonds. The van der Waals surface area contributed by atoms with E-state index in [1.54, 1.807) is 6.92 Å². The van der Waals surface area contributed by atoms with Crippen LogP contribution >= 0.6 is 0 Å². The standard InChI is InChI=1S/C4H7NO2/c1-2-7-4(6)3-5/h3,5H,2H2,1H3. The largest absolute Gasteiger partial charge is 0.462 e. The molecule has 0 heterocycles. The molecule has 0 saturated carbocycles. The predicted molar refractivity (Wildman–Crippen MR) is 25.4 cm³/mol. The molecule has 40 valence electrons. The van der Waals surface area contributed by atoms with Crippen LogP contribution in [0.1, 0.15) is 6.92 Å². The number of ether oxygens (including phenoxy) is 1. The SMILES string of the molecule is CCOC(=O)C=N. The van der Waals surface area contributed by atoms with Crippen molar-refractivity contribution in [3.63, 3.8) is 0 Å². The Balaban J connectivity index is 3.17. The third-order valence-corrected chi connectivity index (χ3v) is 0.404. The fourth-order valence-corrected chi connectivity index (χ4v) is 0.184. The summed E-state index contributed by atoms with van der Waals surface area (Å²) in [5.41, 5.74) is 0. The maximum atomic E-state index is 9.95. The Morgan fingerprint density at radius 3 is 2.71 bits per heavy atom. The minimum absolute atomic E-state index is 0.341. The molecule has 0 aliphatic rings. The van der Waals surface area contributed by atoms with Gasteiger partial charge in [0.15, 0.2) is 0 Å². The van der Waals surface area contributed by atoms with Gasteiger partial charge in [0.05, 0.1) is 6.61 Å². The van der Waals surface area contributed by atoms with E-state index in [9.17, 15) is 4.79 Å². The van der Waals surface area contributed by atoms with Crippen LogP contribution in [0, 0.1) is 5.41 Å². The van der Waals surface area contributed by atoms with Crippen LogP contribution in [0.3, 0.4) is 0 Å². The van der Waals surface area contributed by atoms with Crippen molar-refractivity contribution < 1.29 is 9.53 Å². The maximum Gasteiger partial charge on any atom is 0.348 e. The van der Waals surface area contributed by atoms with Crippen molar-refractivity contribution in [2.45, 2.75) is 6.92 Å². The maximum absolute atomic E-state index is 9.95. The molecular weight excluding hydrogens is 94.0 g/mol. The molecule has 1 N–H and O–H groups in total. The molecule has 0 aliphatic heterocycles. The van der Waals surface area contributed by atoms with E-state index in [1.165, 1.54) is 0 Å². The van der Waals surface area contributed by atoms with E-state index >= 15 is 0 Å². The Morgan fingerprint density at radius 1 is 2.00 bits per heavy atom. The Hall–Kier alpha value is -0.860. The van der Waals surface area contributed by atoms with Crippen LogP contribution < -0.4 is 0 Å². The average Bonchev–Trinajstić information content (AvgIpc) is 1.68. The first-order valence-electron chi connectivity index (χ1n) is 1.98. The molecule has 0 radical (unpaired) electrons. The number of hydrogen-bond donors (Lipinski definition) is 1. The van der Waals surface area contributed by atoms with Gasteiger partial charge in [0.2, 0.25) is 0 Å². The summed E-state index contributed by atoms with van der Waals surface area (Å²) in [5, 5.41) is 6.31. The van der Waals surface area contributed by atoms with Crippen molar-refractivity contribution in [2.75, 3.05) is 6.61 Å². The number of hydrogen-bond acceptors (Lipinski definition) is 3. The first-order valence-corrected chi connectivity index (χ1v) is 1.98. The van der Waals surface area contributed by atoms with Gasteiger partial charge in [-0.2, -0.15) is 0 Å². The predicted octanol–water partition coefficient (Wildman–Crippen LogP) is 0.199. The Morgan fingerprint density at radius 2 is 2.57 bits per heavy atom. The second-order valence-corrected chi connectivity index (χ2v) is 0.896. The molecule has 3 nitrogen and oxygen atoms in total. The summed E-state index contributed by atoms with van der Waals surface area (Å²) in [5.74, 6) is -0.581. The molecule has 7 heavy (non-hydrogen) atoms. The van der Waals surface area contributed by atoms with Gasteiger partial charge < -0.3 is 10.1 Å². The summed E-state index contributed by atoms with van der Waals surface area (Å²) >= 11 is 0. The van der Waals surface area contributed by atoms with Gasteiger partial charge in [-0.15, -0.1) is 0 Å². The molecule has 0 spiro atoms. The summed E-state index contributed by atoms with van der Waals surface area (Å²) in [6, 6.07) is 0. The van der Waals surface area contributed by atoms with Crippen LogP contribution in [0.2, 0.25) is 0 Å². The highest BCUT2D eigenvalue weighted by atomic mass is 16.5. The molecule has 0 fully saturated rings. The van der Waals surface area contributed by atoms with E-state index in [2.05, 4.69) is 4.74 Å². The molecule has 0 rings (SSSR count). The lowest BCUT2D eigenvalue weighted by molar-refractivity contribution is -0.134. The third-order valence-electron chi connectivity index (χ3n) is 0.404. The fraction of sp³-hybridized carbons (Fsp3) is 0.500. The topological polar surface area (TPSA) is 50.2 Å². The van der Waals surface area contributed by atoms with Gasteiger partial charge in [-0.3, -0.25) is 0 Å². The third kappa shape index (κ3) is 2.96. The molecule has 0 unspecified atom stereocenters. The van der Waals surface area contributed by atoms with Crippen molar-refractivity contribution in [1.82, 2.24) is 0 Å². The summed E-state index contributed by atoms with van der Waals surface area (Å²) in [7, 11) is 0. The first kappa shape index (κ1) is 6.14. The molecular formula is C4H7NO2. The minimum atomic E-state index is -0.581. The molecule has 0 bridgehead atoms. The van der Waals surface area contributed by atoms with E-state index < -0.39 is 5.97 Å². The van der Waals surface area contributed by atoms with Gasteiger partial charge in [0.25, 0.3) is 0 Å². The quantitative estimate of drug-likeness (QED) is 0.399. The summed E-state index contributed by atoms with van der Waals surface area (Å²) in [6.07, 6.45) is 0.642. The number of carbonyl (C=O) groups is 1. The second kappa shape index (κ2) is 3.33. The smallest absolute Gasteiger partial charge is 0.348 e. The number of nitrogens with one attached hydrogen (secondary N) is 1. The molecule has 0 aromatic carbocycles. The van der Waals surface area contributed by atoms with E-state index in [4.69, 9.17) is 5.41 Å². The fourth-order valence-electron chi connectivity index (χ4n) is 0.184. The monoisotopic (exact) mass is 101 g/mol. The zero-order valence-corrected chi connectivity index (χ0v) is 4.10. The van der Waals surface area contributed by atoms with Crippen molar-refractivity contribution in [3.8, 4) is 0 Å². The van der Waals surface area contributed by atoms with Crippen molar-refractivity contribution in [2.24, 2.45) is 0 Å². The van der Waals surface area contributed by atoms with Gasteiger partial charge in [-0.25, -0.2) is 4.79 Å². The highest BCUT2D eigenvalue weighted by Crippen LogP contribution is 1.68. The Kier molecular flexibility index (Phi) is 2.92. The van der Waals surface area contributed by atoms with Gasteiger partial charge in [-0.05, 0) is 6.92 Å². The zero-order chi connectivity index (χ0) is 5.70. The van der Waals surface area contributed by atoms with Crippen LogP contribution in [0.25, 0.3) is 0 Å². The van der Waals surface area contributed by atoms with Crippen LogP contribution in [0.5, 0.6) is 0 Å². The van der Waals surface area contributed by atoms with Gasteiger partial charge in [-0.1, -0.05) is 0 Å². The summed E-state index contributed by atoms with van der Waals surface area (Å²) in [4.78, 5) is 9.95. The van der Waals surface area contributed by atoms with E-state index in [1.807, 2.05) is 0 Å². The van der Waals surface area contributed by atoms with Crippen LogP contribution in [0.4, 0.5) is 0 Å². The lowest BCUT2D eigenvalue weighted by atomic mass is 10.7. The van der Waals surface area contributed by atoms with Crippen molar-refractivity contribution >= 4 is 12.2 Å². The summed E-state index contributed by atoms with van der Waals surface area (Å²) < 4.78 is 4.31. The number of rotatable bonds is 2. The Bertz CT molecular complexity index is 79.8. The average molecular weight is 101 g/mol. The minimum Gasteiger partial charge on any atom is -0.462 e. The first-order chi connectivity index (χ1) is 3.31. The van der Waals surface area contributed by atoms with Crippen LogP contribution in [-0.2, 0) is 9.53 Å². The van der Waals surface area contributed by atoms with Crippen molar-refractivity contribution in [1.29, 1.82) is 5.41 Å². The number of esters is 1. The molecule has 0 aliphatic carbocycles. The van der Waals surface area contributed by atoms with Gasteiger partial charge in [0.1, 0.15) is 6.21 Å². The highest BCUT2D eigenvalue weighted by Gasteiger charge is 1.88. The van der Waals surface area contributed by atoms with E-state index in [0.29, 0.717) is 12.8 Å². The molecule has 0 aromatic heterocycles. The number of carbonyl (C=O) groups excluding carboxylic acids is 1. The molecule has 3 heteroatoms. The van der Waals surface area contributed by atoms with E-state index in [0.717, 1.165) is 0 Å². The lowest BCUT2D eigenvalue weighted by Crippen LogP contribution is -2.02. The Labute approximate surface area is 41.8 Å². The van der Waals surface area contributed by atoms with E-state index in [-0.39, 0.29) is 0 Å². The normalized spacial score (nSPS) is 7.57. The summed E-state index contributed by atoms with van der Waals surface area (Å²) in [6.45, 7) is 2.04. The van der Waals surface area contributed by atoms with Crippen LogP contribution in [0.15, 0.2) is 0 Å². The molecule has 0 saturated heterocycles. The van der Waals surface area contributed by atoms with Crippen molar-refractivity contribution in [3.05, 3.63) is 0 Å². The lowest BCUT2D eigenvalue weighted by Gasteiger charge is -1.89. The molecule has 0 atom stereocenters. The van der Waals surface area contributed by atoms with Gasteiger partial charge in [0, 0.05) is 0 Å². The highest BCUT2D eigenvalue weighted by molar-refractivity contribution is 6.21. The molecule has 0 aromatic rings. The van der Waals surface area contributed by atoms with Gasteiger partial charge >= 0.3 is 5.97 Å².